The van der Waals surface area contributed by atoms with Gasteiger partial charge in [-0.15, -0.1) is 11.8 Å². The lowest BCUT2D eigenvalue weighted by molar-refractivity contribution is 0.0697. The zero-order valence-corrected chi connectivity index (χ0v) is 12.0. The Balaban J connectivity index is 2.25. The highest BCUT2D eigenvalue weighted by molar-refractivity contribution is 7.98. The number of carboxylic acid groups (broad SMARTS) is 1. The van der Waals surface area contributed by atoms with E-state index in [1.807, 2.05) is 0 Å². The number of benzene rings is 1. The highest BCUT2D eigenvalue weighted by atomic mass is 32.2. The summed E-state index contributed by atoms with van der Waals surface area (Å²) in [5.74, 6) is -0.515. The van der Waals surface area contributed by atoms with E-state index in [0.29, 0.717) is 21.9 Å². The summed E-state index contributed by atoms with van der Waals surface area (Å²) in [6.45, 7) is 1.71. The van der Waals surface area contributed by atoms with Gasteiger partial charge in [-0.05, 0) is 30.2 Å². The highest BCUT2D eigenvalue weighted by Crippen LogP contribution is 2.25. The predicted octanol–water partition coefficient (Wildman–Crippen LogP) is 2.55. The average molecular weight is 300 g/mol. The topological polar surface area (TPSA) is 93.9 Å². The number of H-pyrrole nitrogens is 1. The number of aryl methyl sites for hydroxylation is 1. The summed E-state index contributed by atoms with van der Waals surface area (Å²) in [5.41, 5.74) is 1.84. The van der Waals surface area contributed by atoms with Gasteiger partial charge in [0.25, 0.3) is 0 Å². The van der Waals surface area contributed by atoms with Crippen LogP contribution in [0.5, 0.6) is 0 Å². The van der Waals surface area contributed by atoms with Crippen LogP contribution in [0.25, 0.3) is 0 Å². The summed E-state index contributed by atoms with van der Waals surface area (Å²) < 4.78 is 0. The molecule has 0 atom stereocenters. The van der Waals surface area contributed by atoms with Crippen molar-refractivity contribution in [1.29, 1.82) is 5.26 Å². The monoisotopic (exact) mass is 300 g/mol. The van der Waals surface area contributed by atoms with Gasteiger partial charge in [0.05, 0.1) is 16.2 Å². The lowest BCUT2D eigenvalue weighted by Crippen LogP contribution is -2.08. The van der Waals surface area contributed by atoms with Gasteiger partial charge in [-0.1, -0.05) is 12.1 Å². The number of nitrogens with zero attached hydrogens (tertiary/aromatic N) is 1. The summed E-state index contributed by atoms with van der Waals surface area (Å²) in [5, 5.41) is 18.6. The molecule has 21 heavy (non-hydrogen) atoms. The van der Waals surface area contributed by atoms with Crippen LogP contribution in [0.3, 0.4) is 0 Å². The summed E-state index contributed by atoms with van der Waals surface area (Å²) in [7, 11) is 0. The third-order valence-electron chi connectivity index (χ3n) is 2.87. The van der Waals surface area contributed by atoms with Crippen molar-refractivity contribution in [2.75, 3.05) is 0 Å². The van der Waals surface area contributed by atoms with Crippen LogP contribution in [0.15, 0.2) is 40.2 Å². The maximum absolute atomic E-state index is 11.5. The van der Waals surface area contributed by atoms with Gasteiger partial charge >= 0.3 is 5.97 Å². The van der Waals surface area contributed by atoms with Gasteiger partial charge in [0.15, 0.2) is 0 Å². The van der Waals surface area contributed by atoms with Crippen LogP contribution in [0.1, 0.15) is 27.0 Å². The van der Waals surface area contributed by atoms with Crippen molar-refractivity contribution in [3.63, 3.8) is 0 Å². The molecule has 2 rings (SSSR count). The molecule has 0 amide bonds. The number of pyridine rings is 1. The number of rotatable bonds is 4. The van der Waals surface area contributed by atoms with E-state index < -0.39 is 5.97 Å². The Morgan fingerprint density at radius 3 is 2.86 bits per heavy atom. The van der Waals surface area contributed by atoms with Crippen LogP contribution in [-0.2, 0) is 5.75 Å². The fourth-order valence-electron chi connectivity index (χ4n) is 1.86. The second kappa shape index (κ2) is 6.29. The Labute approximate surface area is 125 Å². The third-order valence-corrected chi connectivity index (χ3v) is 3.95. The zero-order chi connectivity index (χ0) is 15.4. The van der Waals surface area contributed by atoms with Crippen LogP contribution < -0.4 is 5.56 Å². The average Bonchev–Trinajstić information content (AvgIpc) is 2.45. The summed E-state index contributed by atoms with van der Waals surface area (Å²) in [6.07, 6.45) is 0. The largest absolute Gasteiger partial charge is 0.478 e. The smallest absolute Gasteiger partial charge is 0.335 e. The molecule has 5 nitrogen and oxygen atoms in total. The molecule has 0 aliphatic heterocycles. The van der Waals surface area contributed by atoms with Gasteiger partial charge in [0.1, 0.15) is 6.07 Å². The highest BCUT2D eigenvalue weighted by Gasteiger charge is 2.09. The molecule has 2 aromatic rings. The minimum absolute atomic E-state index is 0.214. The molecule has 6 heteroatoms. The van der Waals surface area contributed by atoms with Crippen LogP contribution in [0.2, 0.25) is 0 Å². The predicted molar refractivity (Wildman–Crippen MR) is 79.5 cm³/mol. The maximum atomic E-state index is 11.5. The molecule has 0 radical (unpaired) electrons. The molecule has 2 N–H and O–H groups in total. The van der Waals surface area contributed by atoms with Gasteiger partial charge in [-0.2, -0.15) is 5.26 Å². The fraction of sp³-hybridized carbons (Fsp3) is 0.133. The van der Waals surface area contributed by atoms with Crippen molar-refractivity contribution < 1.29 is 9.90 Å². The Hall–Kier alpha value is -2.52. The van der Waals surface area contributed by atoms with Crippen LogP contribution >= 0.6 is 11.8 Å². The van der Waals surface area contributed by atoms with Gasteiger partial charge in [0, 0.05) is 11.8 Å². The normalized spacial score (nSPS) is 10.1. The van der Waals surface area contributed by atoms with Crippen molar-refractivity contribution in [2.24, 2.45) is 0 Å². The van der Waals surface area contributed by atoms with Gasteiger partial charge in [-0.25, -0.2) is 4.79 Å². The molecule has 0 saturated heterocycles. The quantitative estimate of drug-likeness (QED) is 0.846. The van der Waals surface area contributed by atoms with Crippen molar-refractivity contribution in [3.05, 3.63) is 62.9 Å². The number of aromatic carboxylic acids is 1. The first-order chi connectivity index (χ1) is 10.0. The number of carbonyl (C=O) groups is 1. The van der Waals surface area contributed by atoms with E-state index >= 15 is 0 Å². The van der Waals surface area contributed by atoms with E-state index in [4.69, 9.17) is 10.4 Å². The van der Waals surface area contributed by atoms with Crippen molar-refractivity contribution in [2.45, 2.75) is 17.7 Å². The number of nitriles is 1. The summed E-state index contributed by atoms with van der Waals surface area (Å²) in [4.78, 5) is 25.0. The molecule has 0 fully saturated rings. The molecule has 1 aromatic carbocycles. The number of carboxylic acids is 1. The standard InChI is InChI=1S/C15H12N2O3S/c1-9-5-13(18)17-14(12(9)7-16)21-8-10-3-2-4-11(6-10)15(19)20/h2-6H,8H2,1H3,(H,17,18)(H,19,20). The SMILES string of the molecule is Cc1cc(=O)[nH]c(SCc2cccc(C(=O)O)c2)c1C#N. The van der Waals surface area contributed by atoms with Gasteiger partial charge in [0.2, 0.25) is 5.56 Å². The van der Waals surface area contributed by atoms with Gasteiger partial charge in [-0.3, -0.25) is 4.79 Å². The number of nitrogens with one attached hydrogen (secondary N) is 1. The summed E-state index contributed by atoms with van der Waals surface area (Å²) >= 11 is 1.30. The minimum atomic E-state index is -0.983. The molecule has 0 saturated carbocycles. The lowest BCUT2D eigenvalue weighted by atomic mass is 10.1. The number of thioether (sulfide) groups is 1. The second-order valence-corrected chi connectivity index (χ2v) is 5.41. The second-order valence-electron chi connectivity index (χ2n) is 4.43. The molecule has 0 unspecified atom stereocenters. The van der Waals surface area contributed by atoms with E-state index in [1.165, 1.54) is 23.9 Å². The van der Waals surface area contributed by atoms with Gasteiger partial charge < -0.3 is 10.1 Å². The Bertz CT molecular complexity index is 790. The first-order valence-electron chi connectivity index (χ1n) is 6.10. The molecule has 1 aromatic heterocycles. The van der Waals surface area contributed by atoms with E-state index in [0.717, 1.165) is 5.56 Å². The Morgan fingerprint density at radius 1 is 1.43 bits per heavy atom. The number of aromatic nitrogens is 1. The zero-order valence-electron chi connectivity index (χ0n) is 11.2. The van der Waals surface area contributed by atoms with Crippen LogP contribution in [-0.4, -0.2) is 16.1 Å². The van der Waals surface area contributed by atoms with Crippen molar-refractivity contribution in [1.82, 2.24) is 4.98 Å². The van der Waals surface area contributed by atoms with Crippen LogP contribution in [0.4, 0.5) is 0 Å². The minimum Gasteiger partial charge on any atom is -0.478 e. The Morgan fingerprint density at radius 2 is 2.19 bits per heavy atom. The number of hydrogen-bond acceptors (Lipinski definition) is 4. The Kier molecular flexibility index (Phi) is 4.45. The molecular formula is C15H12N2O3S. The first kappa shape index (κ1) is 14.9. The van der Waals surface area contributed by atoms with E-state index in [-0.39, 0.29) is 11.1 Å². The number of hydrogen-bond donors (Lipinski definition) is 2. The molecule has 0 bridgehead atoms. The number of aromatic amines is 1. The lowest BCUT2D eigenvalue weighted by Gasteiger charge is -2.06. The summed E-state index contributed by atoms with van der Waals surface area (Å²) in [6, 6.07) is 10.0. The molecule has 0 aliphatic carbocycles. The molecule has 106 valence electrons. The fourth-order valence-corrected chi connectivity index (χ4v) is 2.87. The van der Waals surface area contributed by atoms with E-state index in [1.54, 1.807) is 25.1 Å². The van der Waals surface area contributed by atoms with Crippen molar-refractivity contribution in [3.8, 4) is 6.07 Å². The first-order valence-corrected chi connectivity index (χ1v) is 7.09. The van der Waals surface area contributed by atoms with E-state index in [2.05, 4.69) is 11.1 Å². The molecular weight excluding hydrogens is 288 g/mol. The molecule has 0 aliphatic rings. The molecule has 1 heterocycles. The molecule has 0 spiro atoms. The van der Waals surface area contributed by atoms with Crippen LogP contribution in [0, 0.1) is 18.3 Å². The van der Waals surface area contributed by atoms with E-state index in [9.17, 15) is 9.59 Å². The maximum Gasteiger partial charge on any atom is 0.335 e. The van der Waals surface area contributed by atoms with Crippen molar-refractivity contribution >= 4 is 17.7 Å². The third kappa shape index (κ3) is 3.52.